The van der Waals surface area contributed by atoms with E-state index in [1.807, 2.05) is 0 Å². The van der Waals surface area contributed by atoms with Crippen molar-refractivity contribution >= 4 is 0 Å². The van der Waals surface area contributed by atoms with Gasteiger partial charge in [0.2, 0.25) is 0 Å². The van der Waals surface area contributed by atoms with Crippen molar-refractivity contribution in [2.45, 2.75) is 59.5 Å². The van der Waals surface area contributed by atoms with Gasteiger partial charge in [-0.25, -0.2) is 0 Å². The molecule has 0 amide bonds. The van der Waals surface area contributed by atoms with Crippen LogP contribution in [0, 0.1) is 34.5 Å². The fourth-order valence-electron chi connectivity index (χ4n) is 5.44. The van der Waals surface area contributed by atoms with E-state index in [0.717, 1.165) is 24.2 Å². The van der Waals surface area contributed by atoms with Crippen LogP contribution in [0.2, 0.25) is 0 Å². The SMILES string of the molecule is CC1C(O)CC2C1CC1CCC2(C)C1(C)C. The van der Waals surface area contributed by atoms with E-state index >= 15 is 0 Å². The van der Waals surface area contributed by atoms with Crippen LogP contribution in [0.1, 0.15) is 53.4 Å². The Balaban J connectivity index is 2.01. The minimum absolute atomic E-state index is 0.0259. The monoisotopic (exact) mass is 222 g/mol. The third kappa shape index (κ3) is 1.06. The molecule has 3 saturated carbocycles. The van der Waals surface area contributed by atoms with E-state index < -0.39 is 0 Å². The molecule has 3 fully saturated rings. The van der Waals surface area contributed by atoms with Crippen molar-refractivity contribution in [1.29, 1.82) is 0 Å². The normalized spacial score (nSPS) is 58.7. The Morgan fingerprint density at radius 2 is 1.81 bits per heavy atom. The Hall–Kier alpha value is -0.0400. The van der Waals surface area contributed by atoms with Crippen molar-refractivity contribution in [3.63, 3.8) is 0 Å². The van der Waals surface area contributed by atoms with Gasteiger partial charge in [-0.05, 0) is 60.2 Å². The Morgan fingerprint density at radius 1 is 1.12 bits per heavy atom. The fourth-order valence-corrected chi connectivity index (χ4v) is 5.44. The molecule has 0 spiro atoms. The smallest absolute Gasteiger partial charge is 0.0571 e. The van der Waals surface area contributed by atoms with Crippen molar-refractivity contribution in [2.75, 3.05) is 0 Å². The van der Waals surface area contributed by atoms with Gasteiger partial charge in [-0.2, -0.15) is 0 Å². The molecule has 0 aromatic carbocycles. The molecule has 0 aliphatic heterocycles. The molecule has 3 aliphatic carbocycles. The lowest BCUT2D eigenvalue weighted by atomic mass is 9.51. The summed E-state index contributed by atoms with van der Waals surface area (Å²) in [5, 5.41) is 10.1. The van der Waals surface area contributed by atoms with Crippen LogP contribution in [0.15, 0.2) is 0 Å². The molecule has 0 aromatic heterocycles. The molecule has 2 bridgehead atoms. The van der Waals surface area contributed by atoms with Gasteiger partial charge in [-0.15, -0.1) is 0 Å². The summed E-state index contributed by atoms with van der Waals surface area (Å²) in [5.74, 6) is 3.04. The van der Waals surface area contributed by atoms with Crippen molar-refractivity contribution < 1.29 is 5.11 Å². The highest BCUT2D eigenvalue weighted by Crippen LogP contribution is 2.70. The first kappa shape index (κ1) is 11.1. The molecule has 1 nitrogen and oxygen atoms in total. The van der Waals surface area contributed by atoms with Crippen LogP contribution < -0.4 is 0 Å². The van der Waals surface area contributed by atoms with Crippen LogP contribution in [0.4, 0.5) is 0 Å². The molecule has 0 heterocycles. The Bertz CT molecular complexity index is 309. The predicted octanol–water partition coefficient (Wildman–Crippen LogP) is 3.47. The minimum atomic E-state index is -0.0259. The van der Waals surface area contributed by atoms with Crippen LogP contribution in [-0.4, -0.2) is 11.2 Å². The van der Waals surface area contributed by atoms with Gasteiger partial charge in [0, 0.05) is 0 Å². The van der Waals surface area contributed by atoms with Crippen LogP contribution in [0.5, 0.6) is 0 Å². The summed E-state index contributed by atoms with van der Waals surface area (Å²) < 4.78 is 0. The highest BCUT2D eigenvalue weighted by Gasteiger charge is 2.63. The highest BCUT2D eigenvalue weighted by molar-refractivity contribution is 5.12. The summed E-state index contributed by atoms with van der Waals surface area (Å²) in [6.45, 7) is 9.75. The lowest BCUT2D eigenvalue weighted by Gasteiger charge is -2.53. The molecule has 92 valence electrons. The first-order valence-electron chi connectivity index (χ1n) is 7.06. The van der Waals surface area contributed by atoms with Crippen LogP contribution in [-0.2, 0) is 0 Å². The van der Waals surface area contributed by atoms with Gasteiger partial charge in [0.1, 0.15) is 0 Å². The van der Waals surface area contributed by atoms with E-state index in [0.29, 0.717) is 16.7 Å². The van der Waals surface area contributed by atoms with Gasteiger partial charge in [0.05, 0.1) is 6.10 Å². The van der Waals surface area contributed by atoms with Crippen LogP contribution in [0.25, 0.3) is 0 Å². The number of rotatable bonds is 0. The van der Waals surface area contributed by atoms with Crippen molar-refractivity contribution in [1.82, 2.24) is 0 Å². The van der Waals surface area contributed by atoms with E-state index in [-0.39, 0.29) is 6.10 Å². The summed E-state index contributed by atoms with van der Waals surface area (Å²) in [4.78, 5) is 0. The Labute approximate surface area is 99.6 Å². The first-order chi connectivity index (χ1) is 7.38. The maximum atomic E-state index is 10.1. The third-order valence-electron chi connectivity index (χ3n) is 7.17. The number of hydrogen-bond donors (Lipinski definition) is 1. The van der Waals surface area contributed by atoms with Crippen molar-refractivity contribution in [3.8, 4) is 0 Å². The van der Waals surface area contributed by atoms with Gasteiger partial charge in [0.25, 0.3) is 0 Å². The number of fused-ring (bicyclic) bond motifs is 4. The minimum Gasteiger partial charge on any atom is -0.393 e. The largest absolute Gasteiger partial charge is 0.393 e. The average molecular weight is 222 g/mol. The van der Waals surface area contributed by atoms with Crippen LogP contribution in [0.3, 0.4) is 0 Å². The molecule has 6 unspecified atom stereocenters. The van der Waals surface area contributed by atoms with Crippen molar-refractivity contribution in [2.24, 2.45) is 34.5 Å². The third-order valence-corrected chi connectivity index (χ3v) is 7.17. The lowest BCUT2D eigenvalue weighted by Crippen LogP contribution is -2.47. The second kappa shape index (κ2) is 3.04. The van der Waals surface area contributed by atoms with E-state index in [9.17, 15) is 5.11 Å². The molecule has 6 atom stereocenters. The van der Waals surface area contributed by atoms with Gasteiger partial charge in [-0.1, -0.05) is 27.7 Å². The average Bonchev–Trinajstić information content (AvgIpc) is 2.54. The molecular formula is C15H26O. The molecular weight excluding hydrogens is 196 g/mol. The Morgan fingerprint density at radius 3 is 2.50 bits per heavy atom. The molecule has 0 aromatic rings. The standard InChI is InChI=1S/C15H26O/c1-9-11-7-10-5-6-15(4,14(10,2)3)12(11)8-13(9)16/h9-13,16H,5-8H2,1-4H3. The molecule has 16 heavy (non-hydrogen) atoms. The summed E-state index contributed by atoms with van der Waals surface area (Å²) in [5.41, 5.74) is 0.990. The van der Waals surface area contributed by atoms with E-state index in [4.69, 9.17) is 0 Å². The zero-order valence-corrected chi connectivity index (χ0v) is 11.2. The second-order valence-electron chi connectivity index (χ2n) is 7.54. The van der Waals surface area contributed by atoms with Gasteiger partial charge in [0.15, 0.2) is 0 Å². The quantitative estimate of drug-likeness (QED) is 0.665. The topological polar surface area (TPSA) is 20.2 Å². The van der Waals surface area contributed by atoms with E-state index in [2.05, 4.69) is 27.7 Å². The molecule has 1 heteroatoms. The Kier molecular flexibility index (Phi) is 2.11. The van der Waals surface area contributed by atoms with E-state index in [1.165, 1.54) is 19.3 Å². The van der Waals surface area contributed by atoms with Gasteiger partial charge >= 0.3 is 0 Å². The summed E-state index contributed by atoms with van der Waals surface area (Å²) in [7, 11) is 0. The fraction of sp³-hybridized carbons (Fsp3) is 1.00. The molecule has 3 aliphatic rings. The predicted molar refractivity (Wildman–Crippen MR) is 66.0 cm³/mol. The maximum Gasteiger partial charge on any atom is 0.0571 e. The molecule has 3 rings (SSSR count). The van der Waals surface area contributed by atoms with Crippen LogP contribution >= 0.6 is 0 Å². The number of aliphatic hydroxyl groups excluding tert-OH is 1. The molecule has 0 radical (unpaired) electrons. The zero-order chi connectivity index (χ0) is 11.7. The number of aliphatic hydroxyl groups is 1. The van der Waals surface area contributed by atoms with Gasteiger partial charge in [-0.3, -0.25) is 0 Å². The summed E-state index contributed by atoms with van der Waals surface area (Å²) >= 11 is 0. The summed E-state index contributed by atoms with van der Waals surface area (Å²) in [6.07, 6.45) is 5.25. The molecule has 1 N–H and O–H groups in total. The lowest BCUT2D eigenvalue weighted by molar-refractivity contribution is -0.0488. The first-order valence-corrected chi connectivity index (χ1v) is 7.06. The second-order valence-corrected chi connectivity index (χ2v) is 7.54. The molecule has 0 saturated heterocycles. The zero-order valence-electron chi connectivity index (χ0n) is 11.2. The number of hydrogen-bond acceptors (Lipinski definition) is 1. The summed E-state index contributed by atoms with van der Waals surface area (Å²) in [6, 6.07) is 0. The van der Waals surface area contributed by atoms with Crippen molar-refractivity contribution in [3.05, 3.63) is 0 Å². The maximum absolute atomic E-state index is 10.1. The van der Waals surface area contributed by atoms with Gasteiger partial charge < -0.3 is 5.11 Å². The van der Waals surface area contributed by atoms with E-state index in [1.54, 1.807) is 0 Å². The highest BCUT2D eigenvalue weighted by atomic mass is 16.3.